The molecule has 0 amide bonds. The highest BCUT2D eigenvalue weighted by Crippen LogP contribution is 2.30. The van der Waals surface area contributed by atoms with Crippen molar-refractivity contribution in [2.45, 2.75) is 17.1 Å². The first-order valence-corrected chi connectivity index (χ1v) is 3.38. The van der Waals surface area contributed by atoms with Crippen LogP contribution in [0.4, 0.5) is 0 Å². The molecule has 1 aliphatic rings. The maximum Gasteiger partial charge on any atom is 0.195 e. The second-order valence-electron chi connectivity index (χ2n) is 1.77. The van der Waals surface area contributed by atoms with Crippen LogP contribution < -0.4 is 0 Å². The van der Waals surface area contributed by atoms with E-state index in [-0.39, 0.29) is 0 Å². The van der Waals surface area contributed by atoms with E-state index in [2.05, 4.69) is 25.3 Å². The minimum Gasteiger partial charge on any atom is -0.476 e. The lowest BCUT2D eigenvalue weighted by molar-refractivity contribution is 0.175. The van der Waals surface area contributed by atoms with E-state index >= 15 is 0 Å². The van der Waals surface area contributed by atoms with Gasteiger partial charge in [-0.05, 0) is 12.5 Å². The van der Waals surface area contributed by atoms with Crippen molar-refractivity contribution >= 4 is 25.3 Å². The predicted molar refractivity (Wildman–Crippen MR) is 40.2 cm³/mol. The molecule has 0 spiro atoms. The van der Waals surface area contributed by atoms with E-state index in [9.17, 15) is 0 Å². The van der Waals surface area contributed by atoms with Crippen LogP contribution in [-0.2, 0) is 4.74 Å². The molecule has 0 radical (unpaired) electrons. The molecular weight excluding hydrogens is 140 g/mol. The van der Waals surface area contributed by atoms with Crippen molar-refractivity contribution < 1.29 is 4.74 Å². The highest BCUT2D eigenvalue weighted by atomic mass is 32.2. The lowest BCUT2D eigenvalue weighted by Gasteiger charge is -2.23. The van der Waals surface area contributed by atoms with Gasteiger partial charge in [-0.2, -0.15) is 0 Å². The molecule has 3 heteroatoms. The van der Waals surface area contributed by atoms with Crippen LogP contribution in [-0.4, -0.2) is 4.27 Å². The fourth-order valence-electron chi connectivity index (χ4n) is 0.555. The van der Waals surface area contributed by atoms with Gasteiger partial charge in [0.25, 0.3) is 0 Å². The van der Waals surface area contributed by atoms with E-state index in [1.807, 2.05) is 6.08 Å². The van der Waals surface area contributed by atoms with Gasteiger partial charge in [-0.15, -0.1) is 25.3 Å². The van der Waals surface area contributed by atoms with E-state index in [1.54, 1.807) is 6.26 Å². The lowest BCUT2D eigenvalue weighted by Crippen LogP contribution is -2.16. The van der Waals surface area contributed by atoms with Crippen molar-refractivity contribution in [1.82, 2.24) is 0 Å². The molecule has 0 saturated heterocycles. The van der Waals surface area contributed by atoms with Crippen LogP contribution in [0, 0.1) is 0 Å². The molecule has 0 N–H and O–H groups in total. The summed E-state index contributed by atoms with van der Waals surface area (Å²) in [5.74, 6) is 0. The van der Waals surface area contributed by atoms with Crippen molar-refractivity contribution in [3.63, 3.8) is 0 Å². The van der Waals surface area contributed by atoms with Gasteiger partial charge in [-0.1, -0.05) is 0 Å². The van der Waals surface area contributed by atoms with Gasteiger partial charge in [-0.25, -0.2) is 0 Å². The molecule has 0 bridgehead atoms. The summed E-state index contributed by atoms with van der Waals surface area (Å²) in [6, 6.07) is 0. The van der Waals surface area contributed by atoms with Gasteiger partial charge < -0.3 is 4.74 Å². The Kier molecular flexibility index (Phi) is 1.77. The first-order valence-electron chi connectivity index (χ1n) is 2.48. The maximum atomic E-state index is 5.01. The van der Waals surface area contributed by atoms with Crippen LogP contribution in [0.1, 0.15) is 12.8 Å². The number of thiol groups is 2. The highest BCUT2D eigenvalue weighted by Gasteiger charge is 2.21. The zero-order valence-electron chi connectivity index (χ0n) is 4.37. The Morgan fingerprint density at radius 2 is 2.25 bits per heavy atom. The largest absolute Gasteiger partial charge is 0.476 e. The number of ether oxygens (including phenoxy) is 1. The Morgan fingerprint density at radius 1 is 1.50 bits per heavy atom. The Bertz CT molecular complexity index is 109. The average molecular weight is 148 g/mol. The summed E-state index contributed by atoms with van der Waals surface area (Å²) in [5, 5.41) is 0. The summed E-state index contributed by atoms with van der Waals surface area (Å²) in [6.07, 6.45) is 5.48. The lowest BCUT2D eigenvalue weighted by atomic mass is 10.3. The maximum absolute atomic E-state index is 5.01. The van der Waals surface area contributed by atoms with Crippen molar-refractivity contribution in [3.8, 4) is 0 Å². The van der Waals surface area contributed by atoms with Crippen LogP contribution in [0.2, 0.25) is 0 Å². The summed E-state index contributed by atoms with van der Waals surface area (Å²) in [4.78, 5) is 0. The Morgan fingerprint density at radius 3 is 2.50 bits per heavy atom. The minimum atomic E-state index is -0.519. The molecule has 1 heterocycles. The molecule has 8 heavy (non-hydrogen) atoms. The first kappa shape index (κ1) is 6.36. The fraction of sp³-hybridized carbons (Fsp3) is 0.600. The van der Waals surface area contributed by atoms with E-state index in [4.69, 9.17) is 4.74 Å². The number of hydrogen-bond donors (Lipinski definition) is 2. The van der Waals surface area contributed by atoms with Gasteiger partial charge in [0, 0.05) is 6.42 Å². The van der Waals surface area contributed by atoms with E-state index < -0.39 is 4.27 Å². The van der Waals surface area contributed by atoms with Crippen LogP contribution in [0.25, 0.3) is 0 Å². The highest BCUT2D eigenvalue weighted by molar-refractivity contribution is 8.00. The topological polar surface area (TPSA) is 9.23 Å². The van der Waals surface area contributed by atoms with Crippen molar-refractivity contribution in [1.29, 1.82) is 0 Å². The van der Waals surface area contributed by atoms with Crippen molar-refractivity contribution in [2.24, 2.45) is 0 Å². The minimum absolute atomic E-state index is 0.519. The summed E-state index contributed by atoms with van der Waals surface area (Å²) in [5.41, 5.74) is 0. The van der Waals surface area contributed by atoms with Crippen LogP contribution in [0.5, 0.6) is 0 Å². The molecule has 0 aromatic heterocycles. The van der Waals surface area contributed by atoms with Gasteiger partial charge in [0.15, 0.2) is 4.27 Å². The van der Waals surface area contributed by atoms with Gasteiger partial charge in [0.2, 0.25) is 0 Å². The van der Waals surface area contributed by atoms with Crippen LogP contribution in [0.15, 0.2) is 12.3 Å². The number of allylic oxidation sites excluding steroid dienone is 1. The SMILES string of the molecule is SC1(S)CCC=CO1. The third-order valence-electron chi connectivity index (χ3n) is 0.990. The normalized spacial score (nSPS) is 24.8. The third-order valence-corrected chi connectivity index (χ3v) is 1.65. The van der Waals surface area contributed by atoms with Gasteiger partial charge in [-0.3, -0.25) is 0 Å². The second kappa shape index (κ2) is 2.23. The van der Waals surface area contributed by atoms with Crippen LogP contribution in [0.3, 0.4) is 0 Å². The van der Waals surface area contributed by atoms with Gasteiger partial charge in [0.05, 0.1) is 6.26 Å². The van der Waals surface area contributed by atoms with E-state index in [0.29, 0.717) is 0 Å². The standard InChI is InChI=1S/C5H8OS2/c7-5(8)3-1-2-4-6-5/h2,4,7-8H,1,3H2. The Balaban J connectivity index is 2.50. The molecule has 0 fully saturated rings. The molecule has 0 atom stereocenters. The third kappa shape index (κ3) is 1.63. The zero-order chi connectivity index (χ0) is 6.04. The summed E-state index contributed by atoms with van der Waals surface area (Å²) < 4.78 is 4.49. The van der Waals surface area contributed by atoms with Gasteiger partial charge in [0.1, 0.15) is 0 Å². The molecule has 0 saturated carbocycles. The molecule has 0 aromatic rings. The number of hydrogen-bond acceptors (Lipinski definition) is 3. The molecule has 1 rings (SSSR count). The summed E-state index contributed by atoms with van der Waals surface area (Å²) >= 11 is 8.22. The molecule has 0 unspecified atom stereocenters. The summed E-state index contributed by atoms with van der Waals surface area (Å²) in [7, 11) is 0. The van der Waals surface area contributed by atoms with Crippen molar-refractivity contribution in [2.75, 3.05) is 0 Å². The van der Waals surface area contributed by atoms with Crippen LogP contribution >= 0.6 is 25.3 Å². The molecule has 0 aromatic carbocycles. The first-order chi connectivity index (χ1) is 3.71. The molecule has 46 valence electrons. The monoisotopic (exact) mass is 148 g/mol. The zero-order valence-corrected chi connectivity index (χ0v) is 6.16. The fourth-order valence-corrected chi connectivity index (χ4v) is 0.935. The smallest absolute Gasteiger partial charge is 0.195 e. The second-order valence-corrected chi connectivity index (χ2v) is 3.57. The Hall–Kier alpha value is 0.240. The Labute approximate surface area is 59.9 Å². The average Bonchev–Trinajstić information content (AvgIpc) is 1.65. The summed E-state index contributed by atoms with van der Waals surface area (Å²) in [6.45, 7) is 0. The quantitative estimate of drug-likeness (QED) is 0.393. The molecule has 1 nitrogen and oxygen atoms in total. The van der Waals surface area contributed by atoms with E-state index in [1.165, 1.54) is 0 Å². The van der Waals surface area contributed by atoms with Crippen molar-refractivity contribution in [3.05, 3.63) is 12.3 Å². The van der Waals surface area contributed by atoms with Gasteiger partial charge >= 0.3 is 0 Å². The van der Waals surface area contributed by atoms with E-state index in [0.717, 1.165) is 12.8 Å². The molecule has 0 aliphatic carbocycles. The number of rotatable bonds is 0. The molecular formula is C5H8OS2. The predicted octanol–water partition coefficient (Wildman–Crippen LogP) is 1.82. The molecule has 1 aliphatic heterocycles.